The molecule has 19 heavy (non-hydrogen) atoms. The van der Waals surface area contributed by atoms with E-state index in [-0.39, 0.29) is 10.4 Å². The fraction of sp³-hybridized carbons (Fsp3) is 0.571. The summed E-state index contributed by atoms with van der Waals surface area (Å²) in [5, 5.41) is 0.0824. The molecule has 0 saturated heterocycles. The van der Waals surface area contributed by atoms with E-state index in [1.54, 1.807) is 0 Å². The summed E-state index contributed by atoms with van der Waals surface area (Å²) < 4.78 is 25.7. The van der Waals surface area contributed by atoms with Gasteiger partial charge in [0.05, 0.1) is 5.02 Å². The van der Waals surface area contributed by atoms with Crippen molar-refractivity contribution in [3.05, 3.63) is 22.5 Å². The molecule has 0 atom stereocenters. The molecule has 104 valence electrons. The van der Waals surface area contributed by atoms with Crippen molar-refractivity contribution in [1.29, 1.82) is 0 Å². The number of benzene rings is 1. The molecule has 1 saturated carbocycles. The molecule has 3 rings (SSSR count). The van der Waals surface area contributed by atoms with Crippen LogP contribution in [0.1, 0.15) is 31.2 Å². The van der Waals surface area contributed by atoms with Crippen LogP contribution in [0, 0.1) is 5.82 Å². The van der Waals surface area contributed by atoms with E-state index in [4.69, 9.17) is 26.8 Å². The SMILES string of the molecule is NCC1(c2c(F)c(Cl)cc3c2OCCO3)CCCC1. The Kier molecular flexibility index (Phi) is 3.31. The first kappa shape index (κ1) is 13.0. The van der Waals surface area contributed by atoms with Crippen LogP contribution in [0.2, 0.25) is 5.02 Å². The molecule has 1 aliphatic heterocycles. The van der Waals surface area contributed by atoms with E-state index in [2.05, 4.69) is 0 Å². The third kappa shape index (κ3) is 1.98. The van der Waals surface area contributed by atoms with Gasteiger partial charge >= 0.3 is 0 Å². The number of rotatable bonds is 2. The molecule has 5 heteroatoms. The van der Waals surface area contributed by atoms with E-state index >= 15 is 0 Å². The van der Waals surface area contributed by atoms with Crippen molar-refractivity contribution in [2.45, 2.75) is 31.1 Å². The molecule has 0 bridgehead atoms. The fourth-order valence-electron chi connectivity index (χ4n) is 3.21. The maximum Gasteiger partial charge on any atom is 0.168 e. The van der Waals surface area contributed by atoms with Gasteiger partial charge in [-0.15, -0.1) is 0 Å². The van der Waals surface area contributed by atoms with E-state index in [1.807, 2.05) is 0 Å². The minimum Gasteiger partial charge on any atom is -0.486 e. The van der Waals surface area contributed by atoms with Crippen LogP contribution in [-0.4, -0.2) is 19.8 Å². The van der Waals surface area contributed by atoms with E-state index in [0.29, 0.717) is 36.8 Å². The number of hydrogen-bond donors (Lipinski definition) is 1. The quantitative estimate of drug-likeness (QED) is 0.908. The maximum absolute atomic E-state index is 14.6. The van der Waals surface area contributed by atoms with Gasteiger partial charge in [0, 0.05) is 23.6 Å². The summed E-state index contributed by atoms with van der Waals surface area (Å²) in [5.74, 6) is 0.631. The van der Waals surface area contributed by atoms with Gasteiger partial charge in [-0.1, -0.05) is 24.4 Å². The molecule has 0 unspecified atom stereocenters. The van der Waals surface area contributed by atoms with Gasteiger partial charge in [0.25, 0.3) is 0 Å². The van der Waals surface area contributed by atoms with Crippen LogP contribution < -0.4 is 15.2 Å². The zero-order valence-corrected chi connectivity index (χ0v) is 11.4. The number of hydrogen-bond acceptors (Lipinski definition) is 3. The van der Waals surface area contributed by atoms with Crippen molar-refractivity contribution >= 4 is 11.6 Å². The molecule has 0 spiro atoms. The van der Waals surface area contributed by atoms with E-state index in [9.17, 15) is 4.39 Å². The number of ether oxygens (including phenoxy) is 2. The molecule has 1 fully saturated rings. The number of fused-ring (bicyclic) bond motifs is 1. The van der Waals surface area contributed by atoms with Crippen LogP contribution in [0.3, 0.4) is 0 Å². The van der Waals surface area contributed by atoms with Crippen molar-refractivity contribution in [1.82, 2.24) is 0 Å². The highest BCUT2D eigenvalue weighted by Crippen LogP contribution is 2.50. The lowest BCUT2D eigenvalue weighted by molar-refractivity contribution is 0.165. The smallest absolute Gasteiger partial charge is 0.168 e. The molecule has 0 radical (unpaired) electrons. The highest BCUT2D eigenvalue weighted by molar-refractivity contribution is 6.31. The van der Waals surface area contributed by atoms with Gasteiger partial charge in [-0.25, -0.2) is 4.39 Å². The van der Waals surface area contributed by atoms with Crippen LogP contribution >= 0.6 is 11.6 Å². The second-order valence-electron chi connectivity index (χ2n) is 5.26. The highest BCUT2D eigenvalue weighted by Gasteiger charge is 2.41. The minimum atomic E-state index is -0.404. The van der Waals surface area contributed by atoms with Crippen LogP contribution in [-0.2, 0) is 5.41 Å². The molecule has 1 heterocycles. The second-order valence-corrected chi connectivity index (χ2v) is 5.67. The molecule has 3 nitrogen and oxygen atoms in total. The lowest BCUT2D eigenvalue weighted by Gasteiger charge is -2.32. The van der Waals surface area contributed by atoms with E-state index in [1.165, 1.54) is 6.07 Å². The summed E-state index contributed by atoms with van der Waals surface area (Å²) in [4.78, 5) is 0. The van der Waals surface area contributed by atoms with Crippen LogP contribution in [0.15, 0.2) is 6.07 Å². The fourth-order valence-corrected chi connectivity index (χ4v) is 3.41. The summed E-state index contributed by atoms with van der Waals surface area (Å²) in [6.45, 7) is 1.30. The third-order valence-corrected chi connectivity index (χ3v) is 4.48. The Bertz CT molecular complexity index is 501. The highest BCUT2D eigenvalue weighted by atomic mass is 35.5. The molecule has 0 amide bonds. The van der Waals surface area contributed by atoms with Crippen molar-refractivity contribution in [2.24, 2.45) is 5.73 Å². The molecule has 1 aliphatic carbocycles. The Morgan fingerprint density at radius 3 is 2.63 bits per heavy atom. The van der Waals surface area contributed by atoms with Crippen LogP contribution in [0.4, 0.5) is 4.39 Å². The first-order chi connectivity index (χ1) is 9.18. The van der Waals surface area contributed by atoms with Gasteiger partial charge in [0.1, 0.15) is 19.0 Å². The van der Waals surface area contributed by atoms with Gasteiger partial charge in [-0.05, 0) is 12.8 Å². The maximum atomic E-state index is 14.6. The van der Waals surface area contributed by atoms with Gasteiger partial charge < -0.3 is 15.2 Å². The van der Waals surface area contributed by atoms with Gasteiger partial charge in [0.15, 0.2) is 11.5 Å². The summed E-state index contributed by atoms with van der Waals surface area (Å²) in [6, 6.07) is 1.49. The van der Waals surface area contributed by atoms with Crippen LogP contribution in [0.25, 0.3) is 0 Å². The Balaban J connectivity index is 2.21. The molecule has 2 N–H and O–H groups in total. The van der Waals surface area contributed by atoms with Crippen molar-refractivity contribution in [3.63, 3.8) is 0 Å². The first-order valence-corrected chi connectivity index (χ1v) is 7.04. The predicted octanol–water partition coefficient (Wildman–Crippen LogP) is 3.02. The van der Waals surface area contributed by atoms with Gasteiger partial charge in [-0.3, -0.25) is 0 Å². The van der Waals surface area contributed by atoms with Crippen molar-refractivity contribution in [3.8, 4) is 11.5 Å². The van der Waals surface area contributed by atoms with Gasteiger partial charge in [-0.2, -0.15) is 0 Å². The molecular formula is C14H17ClFNO2. The average Bonchev–Trinajstić information content (AvgIpc) is 2.90. The number of halogens is 2. The summed E-state index contributed by atoms with van der Waals surface area (Å²) >= 11 is 6.00. The molecule has 0 aromatic heterocycles. The Labute approximate surface area is 116 Å². The third-order valence-electron chi connectivity index (χ3n) is 4.21. The molecule has 1 aromatic carbocycles. The summed E-state index contributed by atoms with van der Waals surface area (Å²) in [5.41, 5.74) is 6.11. The lowest BCUT2D eigenvalue weighted by atomic mass is 9.78. The normalized spacial score (nSPS) is 20.6. The largest absolute Gasteiger partial charge is 0.486 e. The Morgan fingerprint density at radius 2 is 1.95 bits per heavy atom. The molecule has 1 aromatic rings. The first-order valence-electron chi connectivity index (χ1n) is 6.66. The topological polar surface area (TPSA) is 44.5 Å². The summed E-state index contributed by atoms with van der Waals surface area (Å²) in [7, 11) is 0. The van der Waals surface area contributed by atoms with Gasteiger partial charge in [0.2, 0.25) is 0 Å². The van der Waals surface area contributed by atoms with Crippen molar-refractivity contribution < 1.29 is 13.9 Å². The Morgan fingerprint density at radius 1 is 1.26 bits per heavy atom. The standard InChI is InChI=1S/C14H17ClFNO2/c15-9-7-10-13(19-6-5-18-10)11(12(9)16)14(8-17)3-1-2-4-14/h7H,1-6,8,17H2. The van der Waals surface area contributed by atoms with E-state index < -0.39 is 5.82 Å². The monoisotopic (exact) mass is 285 g/mol. The van der Waals surface area contributed by atoms with E-state index in [0.717, 1.165) is 25.7 Å². The predicted molar refractivity (Wildman–Crippen MR) is 71.6 cm³/mol. The van der Waals surface area contributed by atoms with Crippen molar-refractivity contribution in [2.75, 3.05) is 19.8 Å². The lowest BCUT2D eigenvalue weighted by Crippen LogP contribution is -2.34. The Hall–Kier alpha value is -1.00. The molecular weight excluding hydrogens is 269 g/mol. The zero-order valence-electron chi connectivity index (χ0n) is 10.7. The van der Waals surface area contributed by atoms with Crippen LogP contribution in [0.5, 0.6) is 11.5 Å². The second kappa shape index (κ2) is 4.84. The molecule has 2 aliphatic rings. The summed E-state index contributed by atoms with van der Waals surface area (Å²) in [6.07, 6.45) is 3.85. The number of nitrogens with two attached hydrogens (primary N) is 1. The zero-order chi connectivity index (χ0) is 13.5. The minimum absolute atomic E-state index is 0.0824. The average molecular weight is 286 g/mol.